The fourth-order valence-electron chi connectivity index (χ4n) is 2.99. The first-order valence-corrected chi connectivity index (χ1v) is 11.2. The van der Waals surface area contributed by atoms with Crippen LogP contribution in [0.3, 0.4) is 0 Å². The fourth-order valence-corrected chi connectivity index (χ4v) is 3.20. The van der Waals surface area contributed by atoms with Crippen LogP contribution in [0.15, 0.2) is 48.8 Å². The number of nitrogens with one attached hydrogen (secondary N) is 4. The van der Waals surface area contributed by atoms with Gasteiger partial charge < -0.3 is 31.7 Å². The van der Waals surface area contributed by atoms with E-state index in [1.165, 1.54) is 7.11 Å². The largest absolute Gasteiger partial charge is 0.469 e. The van der Waals surface area contributed by atoms with Crippen molar-refractivity contribution in [3.63, 3.8) is 0 Å². The first-order chi connectivity index (χ1) is 16.4. The zero-order valence-electron chi connectivity index (χ0n) is 19.0. The van der Waals surface area contributed by atoms with Gasteiger partial charge in [0.25, 0.3) is 0 Å². The second kappa shape index (κ2) is 14.4. The van der Waals surface area contributed by atoms with Crippen LogP contribution in [-0.4, -0.2) is 48.1 Å². The van der Waals surface area contributed by atoms with E-state index in [9.17, 15) is 14.4 Å². The highest BCUT2D eigenvalue weighted by atomic mass is 32.1. The topological polar surface area (TPSA) is 147 Å². The molecule has 1 atom stereocenters. The average Bonchev–Trinajstić information content (AvgIpc) is 2.84. The molecule has 0 bridgehead atoms. The number of amides is 2. The summed E-state index contributed by atoms with van der Waals surface area (Å²) in [6.45, 7) is 0.397. The number of anilines is 2. The Bertz CT molecular complexity index is 973. The third-order valence-corrected chi connectivity index (χ3v) is 5.04. The van der Waals surface area contributed by atoms with Crippen molar-refractivity contribution < 1.29 is 19.1 Å². The number of thiocarbonyl (C=S) groups is 1. The minimum atomic E-state index is -0.597. The zero-order chi connectivity index (χ0) is 24.8. The van der Waals surface area contributed by atoms with Crippen LogP contribution >= 0.6 is 12.2 Å². The number of hydrogen-bond acceptors (Lipinski definition) is 7. The summed E-state index contributed by atoms with van der Waals surface area (Å²) in [5.41, 5.74) is 7.87. The Labute approximate surface area is 204 Å². The van der Waals surface area contributed by atoms with E-state index in [2.05, 4.69) is 26.3 Å². The normalized spacial score (nSPS) is 11.1. The van der Waals surface area contributed by atoms with Crippen molar-refractivity contribution in [3.05, 3.63) is 54.4 Å². The maximum atomic E-state index is 12.3. The number of unbranched alkanes of at least 4 members (excludes halogenated alkanes) is 1. The standard InChI is InChI=1S/C23H30N6O4S/c1-33-22(32)13-19(16-7-6-11-25-14-16)28-21(31)15-27-20(30)10-4-5-12-26-23(34)29-18-9-3-2-8-17(18)24/h2-3,6-9,11,14,19H,4-5,10,12-13,15,24H2,1H3,(H,27,30)(H,28,31)(H2,26,29,34)/t19-/m0/s1. The number of hydrogen-bond donors (Lipinski definition) is 5. The van der Waals surface area contributed by atoms with Gasteiger partial charge in [0, 0.05) is 25.4 Å². The molecule has 0 aliphatic carbocycles. The van der Waals surface area contributed by atoms with E-state index in [1.54, 1.807) is 30.6 Å². The first kappa shape index (κ1) is 26.5. The summed E-state index contributed by atoms with van der Waals surface area (Å²) in [7, 11) is 1.28. The van der Waals surface area contributed by atoms with Gasteiger partial charge in [-0.1, -0.05) is 18.2 Å². The Morgan fingerprint density at radius 3 is 2.59 bits per heavy atom. The van der Waals surface area contributed by atoms with Gasteiger partial charge in [0.15, 0.2) is 5.11 Å². The Kier molecular flexibility index (Phi) is 11.3. The average molecular weight is 487 g/mol. The van der Waals surface area contributed by atoms with Crippen molar-refractivity contribution >= 4 is 46.5 Å². The number of aromatic nitrogens is 1. The monoisotopic (exact) mass is 486 g/mol. The van der Waals surface area contributed by atoms with Crippen LogP contribution in [0.1, 0.15) is 37.3 Å². The van der Waals surface area contributed by atoms with Crippen LogP contribution in [0.4, 0.5) is 11.4 Å². The predicted molar refractivity (Wildman–Crippen MR) is 134 cm³/mol. The Hall–Kier alpha value is -3.73. The van der Waals surface area contributed by atoms with E-state index in [1.807, 2.05) is 18.2 Å². The number of methoxy groups -OCH3 is 1. The van der Waals surface area contributed by atoms with E-state index in [-0.39, 0.29) is 25.3 Å². The second-order valence-electron chi connectivity index (χ2n) is 7.39. The molecule has 1 aromatic heterocycles. The van der Waals surface area contributed by atoms with Gasteiger partial charge in [0.1, 0.15) is 0 Å². The van der Waals surface area contributed by atoms with E-state index < -0.39 is 17.9 Å². The third kappa shape index (κ3) is 9.82. The molecule has 0 fully saturated rings. The molecule has 34 heavy (non-hydrogen) atoms. The molecular formula is C23H30N6O4S. The maximum absolute atomic E-state index is 12.3. The molecule has 0 saturated carbocycles. The Balaban J connectivity index is 1.64. The van der Waals surface area contributed by atoms with Crippen molar-refractivity contribution in [2.24, 2.45) is 0 Å². The number of para-hydroxylation sites is 2. The molecule has 0 aliphatic rings. The number of esters is 1. The van der Waals surface area contributed by atoms with Gasteiger partial charge >= 0.3 is 5.97 Å². The first-order valence-electron chi connectivity index (χ1n) is 10.8. The van der Waals surface area contributed by atoms with Gasteiger partial charge in [-0.15, -0.1) is 0 Å². The molecule has 0 aliphatic heterocycles. The van der Waals surface area contributed by atoms with Crippen molar-refractivity contribution in [1.82, 2.24) is 20.9 Å². The molecule has 182 valence electrons. The van der Waals surface area contributed by atoms with E-state index in [4.69, 9.17) is 22.7 Å². The second-order valence-corrected chi connectivity index (χ2v) is 7.80. The number of nitrogens with two attached hydrogens (primary N) is 1. The highest BCUT2D eigenvalue weighted by Crippen LogP contribution is 2.17. The molecule has 11 heteroatoms. The van der Waals surface area contributed by atoms with Gasteiger partial charge in [-0.2, -0.15) is 0 Å². The highest BCUT2D eigenvalue weighted by molar-refractivity contribution is 7.80. The third-order valence-electron chi connectivity index (χ3n) is 4.79. The van der Waals surface area contributed by atoms with Crippen LogP contribution in [-0.2, 0) is 19.1 Å². The number of nitrogen functional groups attached to an aromatic ring is 1. The van der Waals surface area contributed by atoms with Gasteiger partial charge in [0.05, 0.1) is 37.5 Å². The molecule has 6 N–H and O–H groups in total. The number of ether oxygens (including phenoxy) is 1. The van der Waals surface area contributed by atoms with Gasteiger partial charge in [-0.3, -0.25) is 19.4 Å². The number of benzene rings is 1. The van der Waals surface area contributed by atoms with Crippen molar-refractivity contribution in [2.45, 2.75) is 31.7 Å². The molecule has 0 spiro atoms. The minimum absolute atomic E-state index is 0.0392. The van der Waals surface area contributed by atoms with Crippen LogP contribution in [0.2, 0.25) is 0 Å². The molecule has 1 heterocycles. The molecule has 2 aromatic rings. The quantitative estimate of drug-likeness (QED) is 0.131. The highest BCUT2D eigenvalue weighted by Gasteiger charge is 2.19. The lowest BCUT2D eigenvalue weighted by molar-refractivity contribution is -0.141. The van der Waals surface area contributed by atoms with Crippen LogP contribution < -0.4 is 27.0 Å². The maximum Gasteiger partial charge on any atom is 0.307 e. The summed E-state index contributed by atoms with van der Waals surface area (Å²) >= 11 is 5.24. The summed E-state index contributed by atoms with van der Waals surface area (Å²) in [5.74, 6) is -1.11. The molecule has 1 aromatic carbocycles. The van der Waals surface area contributed by atoms with Gasteiger partial charge in [-0.05, 0) is 48.8 Å². The van der Waals surface area contributed by atoms with Gasteiger partial charge in [0.2, 0.25) is 11.8 Å². The molecule has 0 unspecified atom stereocenters. The van der Waals surface area contributed by atoms with E-state index in [0.717, 1.165) is 5.69 Å². The van der Waals surface area contributed by atoms with Crippen molar-refractivity contribution in [1.29, 1.82) is 0 Å². The fraction of sp³-hybridized carbons (Fsp3) is 0.348. The Morgan fingerprint density at radius 1 is 1.09 bits per heavy atom. The van der Waals surface area contributed by atoms with Crippen LogP contribution in [0.25, 0.3) is 0 Å². The van der Waals surface area contributed by atoms with Crippen molar-refractivity contribution in [2.75, 3.05) is 31.2 Å². The summed E-state index contributed by atoms with van der Waals surface area (Å²) in [6, 6.07) is 10.2. The summed E-state index contributed by atoms with van der Waals surface area (Å²) in [5, 5.41) is 11.9. The molecular weight excluding hydrogens is 456 g/mol. The number of carbonyl (C=O) groups is 3. The zero-order valence-corrected chi connectivity index (χ0v) is 19.8. The SMILES string of the molecule is COC(=O)C[C@H](NC(=O)CNC(=O)CCCCNC(=S)Nc1ccccc1N)c1cccnc1. The molecule has 0 saturated heterocycles. The number of pyridine rings is 1. The smallest absolute Gasteiger partial charge is 0.307 e. The molecule has 2 amide bonds. The van der Waals surface area contributed by atoms with Gasteiger partial charge in [-0.25, -0.2) is 0 Å². The number of carbonyl (C=O) groups excluding carboxylic acids is 3. The minimum Gasteiger partial charge on any atom is -0.469 e. The van der Waals surface area contributed by atoms with Crippen LogP contribution in [0.5, 0.6) is 0 Å². The lowest BCUT2D eigenvalue weighted by Gasteiger charge is -2.18. The van der Waals surface area contributed by atoms with Crippen LogP contribution in [0, 0.1) is 0 Å². The molecule has 10 nitrogen and oxygen atoms in total. The predicted octanol–water partition coefficient (Wildman–Crippen LogP) is 1.66. The molecule has 2 rings (SSSR count). The number of nitrogens with zero attached hydrogens (tertiary/aromatic N) is 1. The number of rotatable bonds is 12. The summed E-state index contributed by atoms with van der Waals surface area (Å²) < 4.78 is 4.69. The lowest BCUT2D eigenvalue weighted by Crippen LogP contribution is -2.39. The summed E-state index contributed by atoms with van der Waals surface area (Å²) in [6.07, 6.45) is 4.73. The lowest BCUT2D eigenvalue weighted by atomic mass is 10.1. The van der Waals surface area contributed by atoms with E-state index in [0.29, 0.717) is 35.7 Å². The van der Waals surface area contributed by atoms with E-state index >= 15 is 0 Å². The Morgan fingerprint density at radius 2 is 1.88 bits per heavy atom. The van der Waals surface area contributed by atoms with Crippen molar-refractivity contribution in [3.8, 4) is 0 Å². The summed E-state index contributed by atoms with van der Waals surface area (Å²) in [4.78, 5) is 40.0. The molecule has 0 radical (unpaired) electrons.